The largest absolute Gasteiger partial charge is 0.478 e. The molecule has 0 aromatic heterocycles. The van der Waals surface area contributed by atoms with Crippen molar-refractivity contribution in [3.63, 3.8) is 0 Å². The summed E-state index contributed by atoms with van der Waals surface area (Å²) in [4.78, 5) is 38.3. The third-order valence-electron chi connectivity index (χ3n) is 5.54. The van der Waals surface area contributed by atoms with Gasteiger partial charge in [-0.2, -0.15) is 0 Å². The Morgan fingerprint density at radius 2 is 1.94 bits per heavy atom. The van der Waals surface area contributed by atoms with Crippen molar-refractivity contribution in [2.24, 2.45) is 0 Å². The van der Waals surface area contributed by atoms with Crippen molar-refractivity contribution in [3.05, 3.63) is 57.6 Å². The zero-order valence-corrected chi connectivity index (χ0v) is 17.0. The van der Waals surface area contributed by atoms with Gasteiger partial charge in [0.15, 0.2) is 5.72 Å². The lowest BCUT2D eigenvalue weighted by Crippen LogP contribution is -2.61. The van der Waals surface area contributed by atoms with E-state index >= 15 is 0 Å². The standard InChI is InChI=1S/C21H19ClN4O5/c22-15-9-12(7-13(10-23)17(15)24)19(28)26-5-3-21(4-6-26)25-18(27)14-8-11(20(29)30)1-2-16(14)31-21/h1-2,7-10,23H,3-6,24H2,(H,25,27)(H,29,30). The fourth-order valence-corrected chi connectivity index (χ4v) is 4.03. The number of carboxylic acids is 1. The van der Waals surface area contributed by atoms with E-state index in [0.29, 0.717) is 42.8 Å². The Kier molecular flexibility index (Phi) is 5.06. The number of amides is 2. The molecule has 4 rings (SSSR count). The lowest BCUT2D eigenvalue weighted by atomic mass is 9.95. The van der Waals surface area contributed by atoms with Crippen molar-refractivity contribution in [1.82, 2.24) is 10.2 Å². The molecule has 2 amide bonds. The highest BCUT2D eigenvalue weighted by molar-refractivity contribution is 6.34. The van der Waals surface area contributed by atoms with Crippen molar-refractivity contribution in [1.29, 1.82) is 5.41 Å². The lowest BCUT2D eigenvalue weighted by molar-refractivity contribution is -0.0245. The summed E-state index contributed by atoms with van der Waals surface area (Å²) in [5, 5.41) is 19.6. The van der Waals surface area contributed by atoms with Crippen LogP contribution in [0.5, 0.6) is 5.75 Å². The van der Waals surface area contributed by atoms with Gasteiger partial charge in [-0.05, 0) is 30.3 Å². The molecule has 0 radical (unpaired) electrons. The van der Waals surface area contributed by atoms with E-state index in [1.807, 2.05) is 0 Å². The van der Waals surface area contributed by atoms with E-state index in [4.69, 9.17) is 32.6 Å². The molecule has 1 saturated heterocycles. The fourth-order valence-electron chi connectivity index (χ4n) is 3.80. The van der Waals surface area contributed by atoms with E-state index in [9.17, 15) is 14.4 Å². The van der Waals surface area contributed by atoms with Gasteiger partial charge in [0, 0.05) is 43.3 Å². The number of nitrogens with zero attached hydrogens (tertiary/aromatic N) is 1. The average molecular weight is 443 g/mol. The number of nitrogens with two attached hydrogens (primary N) is 1. The molecule has 0 atom stereocenters. The van der Waals surface area contributed by atoms with Crippen LogP contribution in [0.4, 0.5) is 5.69 Å². The summed E-state index contributed by atoms with van der Waals surface area (Å²) in [6, 6.07) is 7.15. The highest BCUT2D eigenvalue weighted by Crippen LogP contribution is 2.34. The Balaban J connectivity index is 1.50. The number of hydrogen-bond acceptors (Lipinski definition) is 6. The number of ether oxygens (including phenoxy) is 1. The number of piperidine rings is 1. The number of benzene rings is 2. The van der Waals surface area contributed by atoms with Gasteiger partial charge in [-0.25, -0.2) is 4.79 Å². The van der Waals surface area contributed by atoms with Crippen LogP contribution >= 0.6 is 11.6 Å². The normalized spacial score (nSPS) is 16.8. The third kappa shape index (κ3) is 3.68. The van der Waals surface area contributed by atoms with Gasteiger partial charge in [0.05, 0.1) is 21.8 Å². The first-order valence-corrected chi connectivity index (χ1v) is 9.88. The smallest absolute Gasteiger partial charge is 0.335 e. The Labute approximate surface area is 182 Å². The molecule has 0 unspecified atom stereocenters. The van der Waals surface area contributed by atoms with Gasteiger partial charge < -0.3 is 31.2 Å². The number of rotatable bonds is 3. The second kappa shape index (κ2) is 7.59. The van der Waals surface area contributed by atoms with E-state index in [-0.39, 0.29) is 27.7 Å². The first-order chi connectivity index (χ1) is 14.7. The molecule has 5 N–H and O–H groups in total. The Morgan fingerprint density at radius 3 is 2.58 bits per heavy atom. The van der Waals surface area contributed by atoms with E-state index in [2.05, 4.69) is 5.32 Å². The number of carbonyl (C=O) groups excluding carboxylic acids is 2. The predicted molar refractivity (Wildman–Crippen MR) is 113 cm³/mol. The second-order valence-corrected chi connectivity index (χ2v) is 7.87. The zero-order chi connectivity index (χ0) is 22.3. The van der Waals surface area contributed by atoms with E-state index in [0.717, 1.165) is 6.21 Å². The van der Waals surface area contributed by atoms with Gasteiger partial charge in [-0.1, -0.05) is 11.6 Å². The van der Waals surface area contributed by atoms with Crippen LogP contribution < -0.4 is 15.8 Å². The molecule has 2 aliphatic rings. The number of fused-ring (bicyclic) bond motifs is 1. The Hall–Kier alpha value is -3.59. The maximum Gasteiger partial charge on any atom is 0.335 e. The summed E-state index contributed by atoms with van der Waals surface area (Å²) in [5.41, 5.74) is 5.95. The summed E-state index contributed by atoms with van der Waals surface area (Å²) in [5.74, 6) is -1.48. The number of halogens is 1. The number of aromatic carboxylic acids is 1. The number of hydrogen-bond donors (Lipinski definition) is 4. The molecule has 1 spiro atoms. The van der Waals surface area contributed by atoms with Crippen molar-refractivity contribution in [2.45, 2.75) is 18.6 Å². The van der Waals surface area contributed by atoms with Crippen LogP contribution in [0.15, 0.2) is 30.3 Å². The van der Waals surface area contributed by atoms with Gasteiger partial charge in [0.2, 0.25) is 0 Å². The van der Waals surface area contributed by atoms with Crippen molar-refractivity contribution in [2.75, 3.05) is 18.8 Å². The topological polar surface area (TPSA) is 146 Å². The quantitative estimate of drug-likeness (QED) is 0.424. The minimum atomic E-state index is -1.13. The summed E-state index contributed by atoms with van der Waals surface area (Å²) >= 11 is 6.09. The molecule has 0 bridgehead atoms. The monoisotopic (exact) mass is 442 g/mol. The van der Waals surface area contributed by atoms with Crippen LogP contribution in [-0.4, -0.2) is 52.8 Å². The summed E-state index contributed by atoms with van der Waals surface area (Å²) in [7, 11) is 0. The molecule has 160 valence electrons. The Bertz CT molecular complexity index is 1120. The van der Waals surface area contributed by atoms with Crippen LogP contribution in [-0.2, 0) is 0 Å². The number of nitrogens with one attached hydrogen (secondary N) is 2. The number of nitrogen functional groups attached to an aromatic ring is 1. The molecule has 10 heteroatoms. The first kappa shape index (κ1) is 20.7. The van der Waals surface area contributed by atoms with Gasteiger partial charge in [0.1, 0.15) is 5.75 Å². The van der Waals surface area contributed by atoms with Crippen molar-refractivity contribution >= 4 is 41.3 Å². The predicted octanol–water partition coefficient (Wildman–Crippen LogP) is 2.37. The SMILES string of the molecule is N=Cc1cc(C(=O)N2CCC3(CC2)NC(=O)c2cc(C(=O)O)ccc2O3)cc(Cl)c1N. The van der Waals surface area contributed by atoms with Gasteiger partial charge in [-0.3, -0.25) is 9.59 Å². The third-order valence-corrected chi connectivity index (χ3v) is 5.85. The van der Waals surface area contributed by atoms with Crippen LogP contribution in [0, 0.1) is 5.41 Å². The van der Waals surface area contributed by atoms with Gasteiger partial charge >= 0.3 is 5.97 Å². The molecule has 31 heavy (non-hydrogen) atoms. The average Bonchev–Trinajstić information content (AvgIpc) is 2.75. The number of anilines is 1. The number of carbonyl (C=O) groups is 3. The fraction of sp³-hybridized carbons (Fsp3) is 0.238. The minimum Gasteiger partial charge on any atom is -0.478 e. The molecule has 9 nitrogen and oxygen atoms in total. The molecular formula is C21H19ClN4O5. The van der Waals surface area contributed by atoms with Crippen LogP contribution in [0.1, 0.15) is 49.5 Å². The highest BCUT2D eigenvalue weighted by atomic mass is 35.5. The molecule has 2 aromatic rings. The van der Waals surface area contributed by atoms with Crippen LogP contribution in [0.3, 0.4) is 0 Å². The summed E-state index contributed by atoms with van der Waals surface area (Å²) < 4.78 is 6.04. The maximum absolute atomic E-state index is 12.9. The molecule has 2 heterocycles. The van der Waals surface area contributed by atoms with Crippen LogP contribution in [0.2, 0.25) is 5.02 Å². The van der Waals surface area contributed by atoms with Gasteiger partial charge in [-0.15, -0.1) is 0 Å². The maximum atomic E-state index is 12.9. The molecule has 1 fully saturated rings. The summed E-state index contributed by atoms with van der Waals surface area (Å²) in [6.45, 7) is 0.646. The highest BCUT2D eigenvalue weighted by Gasteiger charge is 2.43. The number of carboxylic acid groups (broad SMARTS) is 1. The van der Waals surface area contributed by atoms with Crippen LogP contribution in [0.25, 0.3) is 0 Å². The number of likely N-dealkylation sites (tertiary alicyclic amines) is 1. The van der Waals surface area contributed by atoms with Crippen molar-refractivity contribution in [3.8, 4) is 5.75 Å². The molecule has 2 aromatic carbocycles. The second-order valence-electron chi connectivity index (χ2n) is 7.46. The summed E-state index contributed by atoms with van der Waals surface area (Å²) in [6.07, 6.45) is 1.75. The lowest BCUT2D eigenvalue weighted by Gasteiger charge is -2.44. The first-order valence-electron chi connectivity index (χ1n) is 9.51. The van der Waals surface area contributed by atoms with E-state index in [1.165, 1.54) is 30.3 Å². The molecular weight excluding hydrogens is 424 g/mol. The van der Waals surface area contributed by atoms with Crippen molar-refractivity contribution < 1.29 is 24.2 Å². The Morgan fingerprint density at radius 1 is 1.23 bits per heavy atom. The zero-order valence-electron chi connectivity index (χ0n) is 16.3. The molecule has 0 saturated carbocycles. The molecule has 0 aliphatic carbocycles. The molecule has 2 aliphatic heterocycles. The minimum absolute atomic E-state index is 0.000295. The van der Waals surface area contributed by atoms with E-state index in [1.54, 1.807) is 4.90 Å². The van der Waals surface area contributed by atoms with Gasteiger partial charge in [0.25, 0.3) is 11.8 Å². The van der Waals surface area contributed by atoms with E-state index < -0.39 is 17.6 Å².